The molecule has 1 aromatic rings. The molecular weight excluding hydrogens is 204 g/mol. The normalized spacial score (nSPS) is 16.6. The highest BCUT2D eigenvalue weighted by Gasteiger charge is 2.38. The largest absolute Gasteiger partial charge is 0.503 e. The summed E-state index contributed by atoms with van der Waals surface area (Å²) in [4.78, 5) is 0. The lowest BCUT2D eigenvalue weighted by Gasteiger charge is -2.11. The van der Waals surface area contributed by atoms with Crippen molar-refractivity contribution >= 4 is 0 Å². The Hall–Kier alpha value is -1.73. The van der Waals surface area contributed by atoms with Crippen LogP contribution >= 0.6 is 0 Å². The average molecular weight is 218 g/mol. The molecule has 0 aromatic heterocycles. The van der Waals surface area contributed by atoms with Crippen LogP contribution in [-0.4, -0.2) is 17.8 Å². The number of aromatic hydroxyl groups is 1. The molecule has 1 aliphatic carbocycles. The molecule has 0 radical (unpaired) electrons. The highest BCUT2D eigenvalue weighted by atomic mass is 16.5. The number of rotatable bonds is 3. The second-order valence-corrected chi connectivity index (χ2v) is 4.35. The molecule has 0 saturated heterocycles. The first-order valence-electron chi connectivity index (χ1n) is 5.17. The summed E-state index contributed by atoms with van der Waals surface area (Å²) in [5, 5.41) is 18.5. The van der Waals surface area contributed by atoms with Crippen molar-refractivity contribution in [3.63, 3.8) is 0 Å². The third-order valence-electron chi connectivity index (χ3n) is 2.92. The summed E-state index contributed by atoms with van der Waals surface area (Å²) in [5.41, 5.74) is 7.07. The fraction of sp³-hybridized carbons (Fsp3) is 0.417. The van der Waals surface area contributed by atoms with Crippen LogP contribution in [-0.2, 0) is 6.42 Å². The third kappa shape index (κ3) is 1.95. The summed E-state index contributed by atoms with van der Waals surface area (Å²) >= 11 is 0. The minimum Gasteiger partial charge on any atom is -0.503 e. The minimum atomic E-state index is -0.116. The minimum absolute atomic E-state index is 0.101. The van der Waals surface area contributed by atoms with Gasteiger partial charge in [0.2, 0.25) is 0 Å². The summed E-state index contributed by atoms with van der Waals surface area (Å²) in [6.07, 6.45) is 2.74. The van der Waals surface area contributed by atoms with E-state index in [-0.39, 0.29) is 16.9 Å². The molecule has 1 aromatic carbocycles. The first-order chi connectivity index (χ1) is 7.58. The summed E-state index contributed by atoms with van der Waals surface area (Å²) in [7, 11) is 1.47. The SMILES string of the molecule is COc1cc(CC2(N)CC2)cc(C#N)c1O. The Morgan fingerprint density at radius 3 is 2.75 bits per heavy atom. The monoisotopic (exact) mass is 218 g/mol. The lowest BCUT2D eigenvalue weighted by molar-refractivity contribution is 0.372. The molecule has 0 bridgehead atoms. The van der Waals surface area contributed by atoms with Gasteiger partial charge in [0.05, 0.1) is 12.7 Å². The van der Waals surface area contributed by atoms with Crippen LogP contribution in [0.2, 0.25) is 0 Å². The van der Waals surface area contributed by atoms with Crippen molar-refractivity contribution in [3.05, 3.63) is 23.3 Å². The van der Waals surface area contributed by atoms with Crippen molar-refractivity contribution in [1.29, 1.82) is 5.26 Å². The lowest BCUT2D eigenvalue weighted by atomic mass is 10.0. The van der Waals surface area contributed by atoms with Crippen molar-refractivity contribution in [1.82, 2.24) is 0 Å². The zero-order valence-corrected chi connectivity index (χ0v) is 9.16. The molecule has 0 aliphatic heterocycles. The van der Waals surface area contributed by atoms with E-state index in [0.29, 0.717) is 5.75 Å². The molecule has 4 nitrogen and oxygen atoms in total. The molecule has 0 spiro atoms. The molecule has 1 fully saturated rings. The van der Waals surface area contributed by atoms with E-state index >= 15 is 0 Å². The van der Waals surface area contributed by atoms with Gasteiger partial charge in [0.15, 0.2) is 11.5 Å². The zero-order valence-electron chi connectivity index (χ0n) is 9.16. The van der Waals surface area contributed by atoms with Gasteiger partial charge in [-0.15, -0.1) is 0 Å². The molecule has 84 valence electrons. The van der Waals surface area contributed by atoms with Crippen molar-refractivity contribution in [3.8, 4) is 17.6 Å². The molecular formula is C12H14N2O2. The van der Waals surface area contributed by atoms with Gasteiger partial charge < -0.3 is 15.6 Å². The third-order valence-corrected chi connectivity index (χ3v) is 2.92. The van der Waals surface area contributed by atoms with Gasteiger partial charge in [-0.2, -0.15) is 5.26 Å². The van der Waals surface area contributed by atoms with Crippen LogP contribution in [0.5, 0.6) is 11.5 Å². The predicted octanol–water partition coefficient (Wildman–Crippen LogP) is 1.31. The Morgan fingerprint density at radius 2 is 2.25 bits per heavy atom. The molecule has 4 heteroatoms. The van der Waals surface area contributed by atoms with Gasteiger partial charge >= 0.3 is 0 Å². The molecule has 0 heterocycles. The van der Waals surface area contributed by atoms with Crippen LogP contribution in [0.25, 0.3) is 0 Å². The topological polar surface area (TPSA) is 79.3 Å². The van der Waals surface area contributed by atoms with E-state index in [9.17, 15) is 5.11 Å². The maximum absolute atomic E-state index is 9.65. The Morgan fingerprint density at radius 1 is 1.56 bits per heavy atom. The summed E-state index contributed by atoms with van der Waals surface area (Å²) < 4.78 is 5.02. The van der Waals surface area contributed by atoms with E-state index < -0.39 is 0 Å². The number of nitriles is 1. The lowest BCUT2D eigenvalue weighted by Crippen LogP contribution is -2.24. The number of ether oxygens (including phenoxy) is 1. The summed E-state index contributed by atoms with van der Waals surface area (Å²) in [5.74, 6) is 0.230. The summed E-state index contributed by atoms with van der Waals surface area (Å²) in [6, 6.07) is 5.36. The molecule has 0 unspecified atom stereocenters. The van der Waals surface area contributed by atoms with Gasteiger partial charge in [-0.05, 0) is 37.0 Å². The maximum atomic E-state index is 9.65. The Bertz CT molecular complexity index is 459. The van der Waals surface area contributed by atoms with Crippen molar-refractivity contribution in [2.75, 3.05) is 7.11 Å². The van der Waals surface area contributed by atoms with E-state index in [1.165, 1.54) is 7.11 Å². The van der Waals surface area contributed by atoms with Gasteiger partial charge in [-0.3, -0.25) is 0 Å². The van der Waals surface area contributed by atoms with Gasteiger partial charge in [0, 0.05) is 5.54 Å². The molecule has 3 N–H and O–H groups in total. The molecule has 2 rings (SSSR count). The second kappa shape index (κ2) is 3.69. The maximum Gasteiger partial charge on any atom is 0.175 e. The number of phenolic OH excluding ortho intramolecular Hbond substituents is 1. The highest BCUT2D eigenvalue weighted by molar-refractivity contribution is 5.54. The van der Waals surface area contributed by atoms with Crippen molar-refractivity contribution in [2.45, 2.75) is 24.8 Å². The first kappa shape index (κ1) is 10.8. The number of nitrogens with two attached hydrogens (primary N) is 1. The number of phenols is 1. The number of methoxy groups -OCH3 is 1. The Labute approximate surface area is 94.3 Å². The molecule has 16 heavy (non-hydrogen) atoms. The number of hydrogen-bond donors (Lipinski definition) is 2. The van der Waals surface area contributed by atoms with E-state index in [1.807, 2.05) is 6.07 Å². The second-order valence-electron chi connectivity index (χ2n) is 4.35. The van der Waals surface area contributed by atoms with Crippen molar-refractivity contribution in [2.24, 2.45) is 5.73 Å². The fourth-order valence-corrected chi connectivity index (χ4v) is 1.75. The van der Waals surface area contributed by atoms with E-state index in [4.69, 9.17) is 15.7 Å². The van der Waals surface area contributed by atoms with Crippen LogP contribution in [0.15, 0.2) is 12.1 Å². The van der Waals surface area contributed by atoms with Crippen LogP contribution in [0.1, 0.15) is 24.0 Å². The van der Waals surface area contributed by atoms with Crippen LogP contribution in [0.4, 0.5) is 0 Å². The van der Waals surface area contributed by atoms with E-state index in [0.717, 1.165) is 24.8 Å². The molecule has 0 amide bonds. The number of hydrogen-bond acceptors (Lipinski definition) is 4. The number of nitrogens with zero attached hydrogens (tertiary/aromatic N) is 1. The molecule has 1 aliphatic rings. The van der Waals surface area contributed by atoms with Crippen molar-refractivity contribution < 1.29 is 9.84 Å². The van der Waals surface area contributed by atoms with Gasteiger partial charge in [-0.25, -0.2) is 0 Å². The van der Waals surface area contributed by atoms with E-state index in [2.05, 4.69) is 0 Å². The van der Waals surface area contributed by atoms with Crippen LogP contribution in [0.3, 0.4) is 0 Å². The predicted molar refractivity (Wildman–Crippen MR) is 59.2 cm³/mol. The fourth-order valence-electron chi connectivity index (χ4n) is 1.75. The van der Waals surface area contributed by atoms with Crippen LogP contribution < -0.4 is 10.5 Å². The van der Waals surface area contributed by atoms with Gasteiger partial charge in [0.1, 0.15) is 6.07 Å². The summed E-state index contributed by atoms with van der Waals surface area (Å²) in [6.45, 7) is 0. The Kier molecular flexibility index (Phi) is 2.49. The van der Waals surface area contributed by atoms with Gasteiger partial charge in [0.25, 0.3) is 0 Å². The first-order valence-corrected chi connectivity index (χ1v) is 5.17. The highest BCUT2D eigenvalue weighted by Crippen LogP contribution is 2.38. The number of benzene rings is 1. The Balaban J connectivity index is 2.35. The van der Waals surface area contributed by atoms with Crippen LogP contribution in [0, 0.1) is 11.3 Å². The zero-order chi connectivity index (χ0) is 11.8. The quantitative estimate of drug-likeness (QED) is 0.801. The molecule has 0 atom stereocenters. The molecule has 1 saturated carbocycles. The smallest absolute Gasteiger partial charge is 0.175 e. The van der Waals surface area contributed by atoms with Gasteiger partial charge in [-0.1, -0.05) is 0 Å². The van der Waals surface area contributed by atoms with E-state index in [1.54, 1.807) is 12.1 Å². The standard InChI is InChI=1S/C12H14N2O2/c1-16-10-5-8(6-12(14)2-3-12)4-9(7-13)11(10)15/h4-5,15H,2-3,6,14H2,1H3. The average Bonchev–Trinajstić information content (AvgIpc) is 2.98.